The van der Waals surface area contributed by atoms with Gasteiger partial charge in [0.05, 0.1) is 15.9 Å². The average Bonchev–Trinajstić information content (AvgIpc) is 2.68. The van der Waals surface area contributed by atoms with Gasteiger partial charge < -0.3 is 10.0 Å². The molecule has 0 bridgehead atoms. The highest BCUT2D eigenvalue weighted by Crippen LogP contribution is 2.40. The van der Waals surface area contributed by atoms with Gasteiger partial charge in [-0.2, -0.15) is 0 Å². The van der Waals surface area contributed by atoms with Crippen LogP contribution in [0.2, 0.25) is 5.02 Å². The largest absolute Gasteiger partial charge is 0.385 e. The molecule has 2 heterocycles. The van der Waals surface area contributed by atoms with Crippen LogP contribution in [0.1, 0.15) is 18.4 Å². The molecule has 27 heavy (non-hydrogen) atoms. The van der Waals surface area contributed by atoms with Gasteiger partial charge in [0.15, 0.2) is 0 Å². The van der Waals surface area contributed by atoms with Crippen molar-refractivity contribution in [1.82, 2.24) is 4.98 Å². The number of halogens is 1. The maximum atomic E-state index is 11.3. The van der Waals surface area contributed by atoms with E-state index in [0.717, 1.165) is 16.6 Å². The Bertz CT molecular complexity index is 1020. The number of hydrogen-bond acceptors (Lipinski definition) is 5. The molecule has 2 aromatic carbocycles. The SMILES string of the molecule is O=[N+]([O-])c1ccc(N2CCC(O)(c3ccccc3Cl)CC2)c2ccncc12. The predicted octanol–water partition coefficient (Wildman–Crippen LogP) is 4.28. The Morgan fingerprint density at radius 2 is 1.85 bits per heavy atom. The molecule has 0 atom stereocenters. The molecule has 0 aliphatic carbocycles. The molecule has 1 aliphatic heterocycles. The molecule has 0 spiro atoms. The first-order chi connectivity index (χ1) is 13.0. The van der Waals surface area contributed by atoms with E-state index in [1.54, 1.807) is 24.4 Å². The van der Waals surface area contributed by atoms with Crippen molar-refractivity contribution in [3.8, 4) is 0 Å². The summed E-state index contributed by atoms with van der Waals surface area (Å²) in [6.07, 6.45) is 4.22. The number of fused-ring (bicyclic) bond motifs is 1. The highest BCUT2D eigenvalue weighted by molar-refractivity contribution is 6.31. The van der Waals surface area contributed by atoms with E-state index in [9.17, 15) is 15.2 Å². The van der Waals surface area contributed by atoms with Gasteiger partial charge in [-0.1, -0.05) is 29.8 Å². The topological polar surface area (TPSA) is 79.5 Å². The van der Waals surface area contributed by atoms with Gasteiger partial charge in [-0.3, -0.25) is 15.1 Å². The molecule has 138 valence electrons. The number of piperidine rings is 1. The molecule has 7 heteroatoms. The van der Waals surface area contributed by atoms with Crippen molar-refractivity contribution in [3.63, 3.8) is 0 Å². The maximum absolute atomic E-state index is 11.3. The predicted molar refractivity (Wildman–Crippen MR) is 105 cm³/mol. The highest BCUT2D eigenvalue weighted by Gasteiger charge is 2.36. The van der Waals surface area contributed by atoms with Crippen LogP contribution in [-0.2, 0) is 5.60 Å². The van der Waals surface area contributed by atoms with Crippen molar-refractivity contribution in [1.29, 1.82) is 0 Å². The molecule has 1 aromatic heterocycles. The molecule has 0 radical (unpaired) electrons. The number of nitro benzene ring substituents is 1. The minimum atomic E-state index is -0.965. The van der Waals surface area contributed by atoms with E-state index >= 15 is 0 Å². The van der Waals surface area contributed by atoms with Crippen LogP contribution in [0.3, 0.4) is 0 Å². The number of non-ortho nitro benzene ring substituents is 1. The van der Waals surface area contributed by atoms with Crippen LogP contribution in [0.25, 0.3) is 10.8 Å². The summed E-state index contributed by atoms with van der Waals surface area (Å²) in [4.78, 5) is 17.1. The van der Waals surface area contributed by atoms with Crippen molar-refractivity contribution < 1.29 is 10.0 Å². The van der Waals surface area contributed by atoms with E-state index in [0.29, 0.717) is 36.3 Å². The fourth-order valence-electron chi connectivity index (χ4n) is 3.82. The lowest BCUT2D eigenvalue weighted by Gasteiger charge is -2.40. The molecule has 1 saturated heterocycles. The maximum Gasteiger partial charge on any atom is 0.278 e. The first kappa shape index (κ1) is 17.7. The Morgan fingerprint density at radius 1 is 1.11 bits per heavy atom. The van der Waals surface area contributed by atoms with Gasteiger partial charge in [0.1, 0.15) is 0 Å². The summed E-state index contributed by atoms with van der Waals surface area (Å²) in [6, 6.07) is 12.5. The third-order valence-electron chi connectivity index (χ3n) is 5.28. The fourth-order valence-corrected chi connectivity index (χ4v) is 4.13. The number of nitrogens with zero attached hydrogens (tertiary/aromatic N) is 3. The Kier molecular flexibility index (Phi) is 4.45. The van der Waals surface area contributed by atoms with Crippen molar-refractivity contribution in [3.05, 3.63) is 75.6 Å². The van der Waals surface area contributed by atoms with Crippen LogP contribution in [-0.4, -0.2) is 28.1 Å². The number of rotatable bonds is 3. The fraction of sp³-hybridized carbons (Fsp3) is 0.250. The first-order valence-corrected chi connectivity index (χ1v) is 9.11. The summed E-state index contributed by atoms with van der Waals surface area (Å²) in [5.41, 5.74) is 0.752. The lowest BCUT2D eigenvalue weighted by Crippen LogP contribution is -2.42. The molecule has 1 N–H and O–H groups in total. The van der Waals surface area contributed by atoms with Gasteiger partial charge in [-0.15, -0.1) is 0 Å². The van der Waals surface area contributed by atoms with E-state index in [1.807, 2.05) is 18.2 Å². The van der Waals surface area contributed by atoms with Gasteiger partial charge >= 0.3 is 0 Å². The normalized spacial score (nSPS) is 16.4. The number of aliphatic hydroxyl groups is 1. The molecule has 1 aliphatic rings. The van der Waals surface area contributed by atoms with Crippen LogP contribution < -0.4 is 4.90 Å². The van der Waals surface area contributed by atoms with Gasteiger partial charge in [-0.25, -0.2) is 0 Å². The minimum absolute atomic E-state index is 0.0476. The number of aromatic nitrogens is 1. The first-order valence-electron chi connectivity index (χ1n) is 8.73. The third kappa shape index (κ3) is 3.11. The number of nitro groups is 1. The Balaban J connectivity index is 1.65. The zero-order valence-electron chi connectivity index (χ0n) is 14.5. The average molecular weight is 384 g/mol. The minimum Gasteiger partial charge on any atom is -0.385 e. The molecule has 4 rings (SSSR count). The highest BCUT2D eigenvalue weighted by atomic mass is 35.5. The Labute approximate surface area is 161 Å². The monoisotopic (exact) mass is 383 g/mol. The van der Waals surface area contributed by atoms with E-state index in [4.69, 9.17) is 11.6 Å². The van der Waals surface area contributed by atoms with Gasteiger partial charge in [0.25, 0.3) is 5.69 Å². The molecule has 0 saturated carbocycles. The lowest BCUT2D eigenvalue weighted by molar-refractivity contribution is -0.383. The van der Waals surface area contributed by atoms with Crippen molar-refractivity contribution in [2.24, 2.45) is 0 Å². The molecular weight excluding hydrogens is 366 g/mol. The Morgan fingerprint density at radius 3 is 2.56 bits per heavy atom. The second kappa shape index (κ2) is 6.79. The van der Waals surface area contributed by atoms with E-state index in [1.165, 1.54) is 12.3 Å². The molecule has 1 fully saturated rings. The third-order valence-corrected chi connectivity index (χ3v) is 5.60. The second-order valence-electron chi connectivity index (χ2n) is 6.78. The van der Waals surface area contributed by atoms with Crippen molar-refractivity contribution in [2.75, 3.05) is 18.0 Å². The molecular formula is C20H18ClN3O3. The number of anilines is 1. The molecule has 0 unspecified atom stereocenters. The van der Waals surface area contributed by atoms with Gasteiger partial charge in [-0.05, 0) is 31.0 Å². The van der Waals surface area contributed by atoms with Crippen molar-refractivity contribution >= 4 is 33.7 Å². The molecule has 3 aromatic rings. The van der Waals surface area contributed by atoms with E-state index < -0.39 is 5.60 Å². The quantitative estimate of drug-likeness (QED) is 0.539. The smallest absolute Gasteiger partial charge is 0.278 e. The van der Waals surface area contributed by atoms with E-state index in [-0.39, 0.29) is 10.6 Å². The van der Waals surface area contributed by atoms with Crippen LogP contribution in [0.5, 0.6) is 0 Å². The summed E-state index contributed by atoms with van der Waals surface area (Å²) >= 11 is 6.28. The van der Waals surface area contributed by atoms with E-state index in [2.05, 4.69) is 9.88 Å². The van der Waals surface area contributed by atoms with Crippen LogP contribution >= 0.6 is 11.6 Å². The summed E-state index contributed by atoms with van der Waals surface area (Å²) in [7, 11) is 0. The number of pyridine rings is 1. The number of hydrogen-bond donors (Lipinski definition) is 1. The summed E-state index contributed by atoms with van der Waals surface area (Å²) in [5.74, 6) is 0. The molecule has 0 amide bonds. The lowest BCUT2D eigenvalue weighted by atomic mass is 9.84. The van der Waals surface area contributed by atoms with Crippen molar-refractivity contribution in [2.45, 2.75) is 18.4 Å². The zero-order valence-corrected chi connectivity index (χ0v) is 15.3. The Hall–Kier alpha value is -2.70. The van der Waals surface area contributed by atoms with Gasteiger partial charge in [0.2, 0.25) is 0 Å². The van der Waals surface area contributed by atoms with Gasteiger partial charge in [0, 0.05) is 53.2 Å². The molecule has 6 nitrogen and oxygen atoms in total. The summed E-state index contributed by atoms with van der Waals surface area (Å²) in [6.45, 7) is 1.24. The zero-order chi connectivity index (χ0) is 19.0. The van der Waals surface area contributed by atoms with Crippen LogP contribution in [0.4, 0.5) is 11.4 Å². The standard InChI is InChI=1S/C20H18ClN3O3/c21-17-4-2-1-3-16(17)20(25)8-11-23(12-9-20)18-5-6-19(24(26)27)15-13-22-10-7-14(15)18/h1-7,10,13,25H,8-9,11-12H2. The number of benzene rings is 2. The van der Waals surface area contributed by atoms with Crippen LogP contribution in [0, 0.1) is 10.1 Å². The summed E-state index contributed by atoms with van der Waals surface area (Å²) in [5, 5.41) is 24.3. The summed E-state index contributed by atoms with van der Waals surface area (Å²) < 4.78 is 0. The second-order valence-corrected chi connectivity index (χ2v) is 7.19. The van der Waals surface area contributed by atoms with Crippen LogP contribution in [0.15, 0.2) is 54.9 Å².